The molecule has 0 radical (unpaired) electrons. The molecule has 0 saturated heterocycles. The number of ether oxygens (including phenoxy) is 1. The third-order valence-electron chi connectivity index (χ3n) is 3.03. The number of nitrogens with one attached hydrogen (secondary N) is 2. The zero-order valence-corrected chi connectivity index (χ0v) is 14.3. The summed E-state index contributed by atoms with van der Waals surface area (Å²) in [5, 5.41) is 8.61. The minimum absolute atomic E-state index is 0.0326. The lowest BCUT2D eigenvalue weighted by molar-refractivity contribution is -0.120. The van der Waals surface area contributed by atoms with Gasteiger partial charge in [0, 0.05) is 6.04 Å². The Hall–Kier alpha value is -3.43. The number of aromatic nitrogens is 2. The number of para-hydroxylation sites is 1. The van der Waals surface area contributed by atoms with Gasteiger partial charge in [-0.05, 0) is 26.0 Å². The molecule has 4 N–H and O–H groups in total. The lowest BCUT2D eigenvalue weighted by Gasteiger charge is -2.07. The summed E-state index contributed by atoms with van der Waals surface area (Å²) in [6.45, 7) is 3.27. The number of carbonyl (C=O) groups excluding carboxylic acids is 3. The molecule has 10 nitrogen and oxygen atoms in total. The first-order chi connectivity index (χ1) is 12.4. The van der Waals surface area contributed by atoms with Crippen LogP contribution in [0.1, 0.15) is 40.7 Å². The predicted octanol–water partition coefficient (Wildman–Crippen LogP) is 0.00190. The Balaban J connectivity index is 1.91. The lowest BCUT2D eigenvalue weighted by atomic mass is 10.2. The van der Waals surface area contributed by atoms with E-state index in [-0.39, 0.29) is 48.1 Å². The van der Waals surface area contributed by atoms with Crippen molar-refractivity contribution in [3.63, 3.8) is 0 Å². The van der Waals surface area contributed by atoms with Crippen LogP contribution in [0.5, 0.6) is 5.75 Å². The molecule has 0 saturated carbocycles. The van der Waals surface area contributed by atoms with Crippen LogP contribution in [0.3, 0.4) is 0 Å². The van der Waals surface area contributed by atoms with Gasteiger partial charge in [0.15, 0.2) is 6.61 Å². The molecule has 2 rings (SSSR count). The fourth-order valence-electron chi connectivity index (χ4n) is 1.95. The predicted molar refractivity (Wildman–Crippen MR) is 89.2 cm³/mol. The van der Waals surface area contributed by atoms with Crippen molar-refractivity contribution in [1.82, 2.24) is 20.8 Å². The van der Waals surface area contributed by atoms with E-state index in [4.69, 9.17) is 15.0 Å². The van der Waals surface area contributed by atoms with E-state index in [1.54, 1.807) is 32.0 Å². The number of amides is 3. The minimum atomic E-state index is -0.680. The van der Waals surface area contributed by atoms with Crippen molar-refractivity contribution < 1.29 is 23.6 Å². The van der Waals surface area contributed by atoms with Crippen LogP contribution in [0.15, 0.2) is 28.8 Å². The SMILES string of the molecule is CC(C)NC(=O)CNC(=O)c1nc(COc2ccccc2C(N)=O)no1. The maximum Gasteiger partial charge on any atom is 0.316 e. The van der Waals surface area contributed by atoms with E-state index in [0.717, 1.165) is 0 Å². The quantitative estimate of drug-likeness (QED) is 0.599. The normalized spacial score (nSPS) is 10.4. The number of nitrogens with two attached hydrogens (primary N) is 1. The first kappa shape index (κ1) is 18.9. The number of hydrogen-bond acceptors (Lipinski definition) is 7. The summed E-state index contributed by atoms with van der Waals surface area (Å²) in [4.78, 5) is 38.6. The Labute approximate surface area is 149 Å². The highest BCUT2D eigenvalue weighted by molar-refractivity contribution is 5.95. The van der Waals surface area contributed by atoms with Gasteiger partial charge < -0.3 is 25.6 Å². The van der Waals surface area contributed by atoms with Gasteiger partial charge in [-0.2, -0.15) is 4.98 Å². The van der Waals surface area contributed by atoms with E-state index in [1.807, 2.05) is 0 Å². The van der Waals surface area contributed by atoms with E-state index in [2.05, 4.69) is 20.8 Å². The Bertz CT molecular complexity index is 802. The van der Waals surface area contributed by atoms with Crippen LogP contribution in [0.4, 0.5) is 0 Å². The summed E-state index contributed by atoms with van der Waals surface area (Å²) in [7, 11) is 0. The third kappa shape index (κ3) is 5.30. The molecule has 1 aromatic carbocycles. The van der Waals surface area contributed by atoms with Gasteiger partial charge in [-0.25, -0.2) is 0 Å². The lowest BCUT2D eigenvalue weighted by Crippen LogP contribution is -2.39. The number of rotatable bonds is 8. The zero-order valence-electron chi connectivity index (χ0n) is 14.3. The number of benzene rings is 1. The van der Waals surface area contributed by atoms with Crippen LogP contribution >= 0.6 is 0 Å². The molecular weight excluding hydrogens is 342 g/mol. The first-order valence-corrected chi connectivity index (χ1v) is 7.78. The average molecular weight is 361 g/mol. The van der Waals surface area contributed by atoms with E-state index in [9.17, 15) is 14.4 Å². The molecular formula is C16H19N5O5. The standard InChI is InChI=1S/C16H19N5O5/c1-9(2)19-13(22)7-18-15(24)16-20-12(21-26-16)8-25-11-6-4-3-5-10(11)14(17)23/h3-6,9H,7-8H2,1-2H3,(H2,17,23)(H,18,24)(H,19,22). The second-order valence-electron chi connectivity index (χ2n) is 5.57. The van der Waals surface area contributed by atoms with Crippen molar-refractivity contribution in [2.24, 2.45) is 5.73 Å². The topological polar surface area (TPSA) is 149 Å². The molecule has 1 heterocycles. The second-order valence-corrected chi connectivity index (χ2v) is 5.57. The van der Waals surface area contributed by atoms with Crippen LogP contribution in [0.25, 0.3) is 0 Å². The fourth-order valence-corrected chi connectivity index (χ4v) is 1.95. The van der Waals surface area contributed by atoms with Crippen molar-refractivity contribution in [3.05, 3.63) is 41.5 Å². The highest BCUT2D eigenvalue weighted by Gasteiger charge is 2.17. The van der Waals surface area contributed by atoms with Crippen molar-refractivity contribution in [2.75, 3.05) is 6.54 Å². The first-order valence-electron chi connectivity index (χ1n) is 7.78. The minimum Gasteiger partial charge on any atom is -0.485 e. The Morgan fingerprint density at radius 3 is 2.69 bits per heavy atom. The van der Waals surface area contributed by atoms with Crippen LogP contribution in [0.2, 0.25) is 0 Å². The van der Waals surface area contributed by atoms with Gasteiger partial charge in [0.1, 0.15) is 5.75 Å². The van der Waals surface area contributed by atoms with Crippen molar-refractivity contribution in [1.29, 1.82) is 0 Å². The molecule has 0 bridgehead atoms. The maximum absolute atomic E-state index is 11.9. The van der Waals surface area contributed by atoms with Crippen molar-refractivity contribution in [2.45, 2.75) is 26.5 Å². The molecule has 138 valence electrons. The Morgan fingerprint density at radius 1 is 1.27 bits per heavy atom. The van der Waals surface area contributed by atoms with Gasteiger partial charge in [0.25, 0.3) is 5.91 Å². The molecule has 0 fully saturated rings. The molecule has 0 spiro atoms. The van der Waals surface area contributed by atoms with Gasteiger partial charge >= 0.3 is 11.8 Å². The van der Waals surface area contributed by atoms with E-state index in [0.29, 0.717) is 0 Å². The smallest absolute Gasteiger partial charge is 0.316 e. The van der Waals surface area contributed by atoms with Crippen molar-refractivity contribution >= 4 is 17.7 Å². The van der Waals surface area contributed by atoms with E-state index >= 15 is 0 Å². The highest BCUT2D eigenvalue weighted by Crippen LogP contribution is 2.18. The summed E-state index contributed by atoms with van der Waals surface area (Å²) in [5.41, 5.74) is 5.47. The van der Waals surface area contributed by atoms with E-state index in [1.165, 1.54) is 6.07 Å². The summed E-state index contributed by atoms with van der Waals surface area (Å²) in [5.74, 6) is -1.58. The molecule has 0 aliphatic carbocycles. The Morgan fingerprint density at radius 2 is 2.00 bits per heavy atom. The molecule has 3 amide bonds. The van der Waals surface area contributed by atoms with Crippen LogP contribution in [-0.2, 0) is 11.4 Å². The third-order valence-corrected chi connectivity index (χ3v) is 3.03. The van der Waals surface area contributed by atoms with Crippen LogP contribution < -0.4 is 21.1 Å². The zero-order chi connectivity index (χ0) is 19.1. The van der Waals surface area contributed by atoms with Gasteiger partial charge in [-0.15, -0.1) is 0 Å². The van der Waals surface area contributed by atoms with Gasteiger partial charge in [-0.1, -0.05) is 17.3 Å². The molecule has 0 unspecified atom stereocenters. The number of hydrogen-bond donors (Lipinski definition) is 3. The number of primary amides is 1. The molecule has 0 aliphatic rings. The van der Waals surface area contributed by atoms with E-state index < -0.39 is 11.8 Å². The highest BCUT2D eigenvalue weighted by atomic mass is 16.5. The summed E-state index contributed by atoms with van der Waals surface area (Å²) in [6, 6.07) is 6.39. The largest absolute Gasteiger partial charge is 0.485 e. The van der Waals surface area contributed by atoms with Gasteiger partial charge in [-0.3, -0.25) is 14.4 Å². The van der Waals surface area contributed by atoms with Crippen LogP contribution in [0, 0.1) is 0 Å². The Kier molecular flexibility index (Phi) is 6.25. The van der Waals surface area contributed by atoms with Crippen molar-refractivity contribution in [3.8, 4) is 5.75 Å². The monoisotopic (exact) mass is 361 g/mol. The molecule has 26 heavy (non-hydrogen) atoms. The molecule has 1 aromatic heterocycles. The number of nitrogens with zero attached hydrogens (tertiary/aromatic N) is 2. The van der Waals surface area contributed by atoms with Crippen LogP contribution in [-0.4, -0.2) is 40.4 Å². The molecule has 10 heteroatoms. The second kappa shape index (κ2) is 8.60. The maximum atomic E-state index is 11.9. The summed E-state index contributed by atoms with van der Waals surface area (Å²) < 4.78 is 10.3. The molecule has 0 atom stereocenters. The summed E-state index contributed by atoms with van der Waals surface area (Å²) >= 11 is 0. The molecule has 0 aliphatic heterocycles. The fraction of sp³-hybridized carbons (Fsp3) is 0.312. The summed E-state index contributed by atoms with van der Waals surface area (Å²) in [6.07, 6.45) is 0. The van der Waals surface area contributed by atoms with Gasteiger partial charge in [0.05, 0.1) is 12.1 Å². The van der Waals surface area contributed by atoms with Gasteiger partial charge in [0.2, 0.25) is 11.7 Å². The molecule has 2 aromatic rings. The number of carbonyl (C=O) groups is 3. The average Bonchev–Trinajstić information content (AvgIpc) is 3.06.